The van der Waals surface area contributed by atoms with E-state index < -0.39 is 42.3 Å². The summed E-state index contributed by atoms with van der Waals surface area (Å²) in [6.07, 6.45) is -0.875. The highest BCUT2D eigenvalue weighted by atomic mass is 16.6. The molecule has 0 radical (unpaired) electrons. The molecule has 206 valence electrons. The van der Waals surface area contributed by atoms with Gasteiger partial charge in [0.1, 0.15) is 30.6 Å². The van der Waals surface area contributed by atoms with Crippen molar-refractivity contribution in [2.24, 2.45) is 0 Å². The van der Waals surface area contributed by atoms with Crippen LogP contribution in [0.3, 0.4) is 0 Å². The van der Waals surface area contributed by atoms with Crippen molar-refractivity contribution in [3.8, 4) is 5.75 Å². The van der Waals surface area contributed by atoms with E-state index in [1.807, 2.05) is 60.7 Å². The Labute approximate surface area is 228 Å². The van der Waals surface area contributed by atoms with E-state index in [0.717, 1.165) is 11.1 Å². The van der Waals surface area contributed by atoms with Crippen molar-refractivity contribution in [3.05, 3.63) is 102 Å². The number of ether oxygens (including phenoxy) is 3. The highest BCUT2D eigenvalue weighted by Gasteiger charge is 2.30. The molecule has 39 heavy (non-hydrogen) atoms. The summed E-state index contributed by atoms with van der Waals surface area (Å²) >= 11 is 0. The van der Waals surface area contributed by atoms with Crippen LogP contribution < -0.4 is 15.4 Å². The molecule has 3 N–H and O–H groups in total. The summed E-state index contributed by atoms with van der Waals surface area (Å²) in [7, 11) is 0. The molecule has 0 aromatic heterocycles. The third kappa shape index (κ3) is 9.79. The molecule has 0 aliphatic rings. The number of hydrogen-bond donors (Lipinski definition) is 3. The van der Waals surface area contributed by atoms with Crippen molar-refractivity contribution in [1.29, 1.82) is 0 Å². The second-order valence-corrected chi connectivity index (χ2v) is 9.76. The van der Waals surface area contributed by atoms with Gasteiger partial charge in [-0.3, -0.25) is 4.79 Å². The van der Waals surface area contributed by atoms with Crippen LogP contribution in [0, 0.1) is 0 Å². The number of esters is 1. The molecule has 0 aliphatic heterocycles. The van der Waals surface area contributed by atoms with Gasteiger partial charge in [0.15, 0.2) is 6.04 Å². The molecular formula is C30H34N2O7. The summed E-state index contributed by atoms with van der Waals surface area (Å²) in [5, 5.41) is 14.6. The van der Waals surface area contributed by atoms with E-state index >= 15 is 0 Å². The lowest BCUT2D eigenvalue weighted by Crippen LogP contribution is -2.51. The number of benzene rings is 3. The van der Waals surface area contributed by atoms with Gasteiger partial charge in [0.2, 0.25) is 5.91 Å². The number of aliphatic hydroxyl groups is 1. The van der Waals surface area contributed by atoms with Crippen LogP contribution in [0.2, 0.25) is 0 Å². The maximum absolute atomic E-state index is 13.1. The van der Waals surface area contributed by atoms with Crippen molar-refractivity contribution in [2.45, 2.75) is 51.7 Å². The highest BCUT2D eigenvalue weighted by molar-refractivity contribution is 5.90. The van der Waals surface area contributed by atoms with Gasteiger partial charge in [-0.1, -0.05) is 72.8 Å². The number of aliphatic hydroxyl groups excluding tert-OH is 1. The molecular weight excluding hydrogens is 500 g/mol. The van der Waals surface area contributed by atoms with Gasteiger partial charge in [-0.25, -0.2) is 9.59 Å². The molecule has 0 unspecified atom stereocenters. The van der Waals surface area contributed by atoms with E-state index in [1.165, 1.54) is 0 Å². The molecule has 3 aromatic carbocycles. The van der Waals surface area contributed by atoms with Crippen LogP contribution in [0.15, 0.2) is 84.9 Å². The molecule has 0 spiro atoms. The van der Waals surface area contributed by atoms with Crippen LogP contribution >= 0.6 is 0 Å². The van der Waals surface area contributed by atoms with Gasteiger partial charge in [0.25, 0.3) is 0 Å². The molecule has 0 aliphatic carbocycles. The number of carbonyl (C=O) groups is 3. The maximum Gasteiger partial charge on any atom is 0.408 e. The molecule has 9 heteroatoms. The number of rotatable bonds is 11. The molecule has 0 saturated carbocycles. The Kier molecular flexibility index (Phi) is 10.5. The number of amides is 2. The van der Waals surface area contributed by atoms with Gasteiger partial charge in [-0.2, -0.15) is 0 Å². The lowest BCUT2D eigenvalue weighted by molar-refractivity contribution is -0.149. The number of alkyl carbamates (subject to hydrolysis) is 1. The minimum Gasteiger partial charge on any atom is -0.489 e. The van der Waals surface area contributed by atoms with Gasteiger partial charge < -0.3 is 30.0 Å². The summed E-state index contributed by atoms with van der Waals surface area (Å²) in [6, 6.07) is 22.9. The smallest absolute Gasteiger partial charge is 0.408 e. The van der Waals surface area contributed by atoms with Crippen molar-refractivity contribution in [2.75, 3.05) is 6.61 Å². The molecule has 2 amide bonds. The fraction of sp³-hybridized carbons (Fsp3) is 0.300. The Morgan fingerprint density at radius 2 is 1.36 bits per heavy atom. The first-order valence-electron chi connectivity index (χ1n) is 12.5. The first kappa shape index (κ1) is 29.2. The molecule has 0 bridgehead atoms. The third-order valence-corrected chi connectivity index (χ3v) is 5.40. The fourth-order valence-electron chi connectivity index (χ4n) is 3.47. The van der Waals surface area contributed by atoms with Crippen molar-refractivity contribution in [3.63, 3.8) is 0 Å². The number of carbonyl (C=O) groups excluding carboxylic acids is 3. The Morgan fingerprint density at radius 1 is 0.795 bits per heavy atom. The predicted molar refractivity (Wildman–Crippen MR) is 145 cm³/mol. The average molecular weight is 535 g/mol. The molecule has 2 atom stereocenters. The van der Waals surface area contributed by atoms with Crippen LogP contribution in [0.25, 0.3) is 0 Å². The molecule has 0 saturated heterocycles. The Balaban J connectivity index is 1.73. The van der Waals surface area contributed by atoms with Crippen LogP contribution in [0.1, 0.15) is 43.5 Å². The van der Waals surface area contributed by atoms with Crippen LogP contribution in [-0.2, 0) is 32.3 Å². The van der Waals surface area contributed by atoms with Gasteiger partial charge in [-0.15, -0.1) is 0 Å². The van der Waals surface area contributed by atoms with E-state index in [0.29, 0.717) is 17.9 Å². The normalized spacial score (nSPS) is 12.5. The van der Waals surface area contributed by atoms with Crippen LogP contribution in [-0.4, -0.2) is 41.3 Å². The molecule has 9 nitrogen and oxygen atoms in total. The van der Waals surface area contributed by atoms with E-state index in [4.69, 9.17) is 14.2 Å². The minimum atomic E-state index is -1.35. The van der Waals surface area contributed by atoms with E-state index in [2.05, 4.69) is 10.6 Å². The number of hydrogen-bond acceptors (Lipinski definition) is 7. The van der Waals surface area contributed by atoms with Gasteiger partial charge in [0.05, 0.1) is 6.61 Å². The second kappa shape index (κ2) is 14.0. The van der Waals surface area contributed by atoms with E-state index in [9.17, 15) is 19.5 Å². The lowest BCUT2D eigenvalue weighted by atomic mass is 10.1. The summed E-state index contributed by atoms with van der Waals surface area (Å²) in [6.45, 7) is 4.69. The molecule has 0 heterocycles. The largest absolute Gasteiger partial charge is 0.489 e. The van der Waals surface area contributed by atoms with Crippen molar-refractivity contribution < 1.29 is 33.7 Å². The van der Waals surface area contributed by atoms with Crippen LogP contribution in [0.5, 0.6) is 5.75 Å². The minimum absolute atomic E-state index is 0.00387. The Hall–Kier alpha value is -4.37. The second-order valence-electron chi connectivity index (χ2n) is 9.76. The molecule has 0 fully saturated rings. The van der Waals surface area contributed by atoms with Crippen molar-refractivity contribution >= 4 is 18.0 Å². The Bertz CT molecular complexity index is 1210. The summed E-state index contributed by atoms with van der Waals surface area (Å²) in [5.41, 5.74) is 1.42. The fourth-order valence-corrected chi connectivity index (χ4v) is 3.47. The summed E-state index contributed by atoms with van der Waals surface area (Å²) in [5.74, 6) is -0.918. The topological polar surface area (TPSA) is 123 Å². The molecule has 3 aromatic rings. The quantitative estimate of drug-likeness (QED) is 0.317. The zero-order valence-corrected chi connectivity index (χ0v) is 22.3. The average Bonchev–Trinajstić information content (AvgIpc) is 2.92. The zero-order chi connectivity index (χ0) is 28.3. The molecule has 3 rings (SSSR count). The summed E-state index contributed by atoms with van der Waals surface area (Å²) < 4.78 is 16.5. The third-order valence-electron chi connectivity index (χ3n) is 5.40. The monoisotopic (exact) mass is 534 g/mol. The first-order chi connectivity index (χ1) is 18.6. The lowest BCUT2D eigenvalue weighted by Gasteiger charge is -2.24. The SMILES string of the molecule is CC(C)(C)OC(=O)N[C@@H](CO)C(=O)N[C@H](C(=O)OCc1ccccc1)c1ccc(OCc2ccccc2)cc1. The van der Waals surface area contributed by atoms with Gasteiger partial charge in [0, 0.05) is 0 Å². The van der Waals surface area contributed by atoms with Gasteiger partial charge in [-0.05, 0) is 49.6 Å². The standard InChI is InChI=1S/C30H34N2O7/c1-30(2,3)39-29(36)31-25(18-33)27(34)32-26(28(35)38-20-22-12-8-5-9-13-22)23-14-16-24(17-15-23)37-19-21-10-6-4-7-11-21/h4-17,25-26,33H,18-20H2,1-3H3,(H,31,36)(H,32,34)/t25-,26-/m0/s1. The number of nitrogens with one attached hydrogen (secondary N) is 2. The van der Waals surface area contributed by atoms with E-state index in [1.54, 1.807) is 45.0 Å². The van der Waals surface area contributed by atoms with Gasteiger partial charge >= 0.3 is 12.1 Å². The predicted octanol–water partition coefficient (Wildman–Crippen LogP) is 4.05. The zero-order valence-electron chi connectivity index (χ0n) is 22.3. The first-order valence-corrected chi connectivity index (χ1v) is 12.5. The summed E-state index contributed by atoms with van der Waals surface area (Å²) in [4.78, 5) is 38.3. The van der Waals surface area contributed by atoms with Crippen molar-refractivity contribution in [1.82, 2.24) is 10.6 Å². The Morgan fingerprint density at radius 3 is 1.90 bits per heavy atom. The highest BCUT2D eigenvalue weighted by Crippen LogP contribution is 2.21. The van der Waals surface area contributed by atoms with Crippen LogP contribution in [0.4, 0.5) is 4.79 Å². The van der Waals surface area contributed by atoms with E-state index in [-0.39, 0.29) is 6.61 Å². The maximum atomic E-state index is 13.1.